The normalized spacial score (nSPS) is 10.6. The number of fused-ring (bicyclic) bond motifs is 1. The third-order valence-corrected chi connectivity index (χ3v) is 5.25. The van der Waals surface area contributed by atoms with Gasteiger partial charge in [-0.05, 0) is 71.3 Å². The standard InChI is InChI=1S/C28H22F2/c1-2-3-4-20-5-7-21(8-6-20)9-10-22-11-13-23(14-12-22)24-15-17-26-25(19-24)16-18-27(29)28(26)30/h5-8,11-19H,2-4H2,1H3. The van der Waals surface area contributed by atoms with E-state index >= 15 is 0 Å². The number of benzene rings is 4. The fraction of sp³-hybridized carbons (Fsp3) is 0.143. The zero-order valence-corrected chi connectivity index (χ0v) is 16.9. The summed E-state index contributed by atoms with van der Waals surface area (Å²) < 4.78 is 27.3. The monoisotopic (exact) mass is 396 g/mol. The average Bonchev–Trinajstić information content (AvgIpc) is 2.79. The van der Waals surface area contributed by atoms with E-state index in [0.29, 0.717) is 10.8 Å². The lowest BCUT2D eigenvalue weighted by molar-refractivity contribution is 0.517. The van der Waals surface area contributed by atoms with Crippen molar-refractivity contribution >= 4 is 10.8 Å². The molecule has 0 atom stereocenters. The van der Waals surface area contributed by atoms with Gasteiger partial charge in [0, 0.05) is 16.5 Å². The van der Waals surface area contributed by atoms with Crippen LogP contribution in [0.25, 0.3) is 21.9 Å². The molecule has 0 bridgehead atoms. The Kier molecular flexibility index (Phi) is 5.91. The van der Waals surface area contributed by atoms with Crippen LogP contribution in [0.5, 0.6) is 0 Å². The van der Waals surface area contributed by atoms with Crippen molar-refractivity contribution in [2.45, 2.75) is 26.2 Å². The van der Waals surface area contributed by atoms with E-state index in [9.17, 15) is 8.78 Å². The van der Waals surface area contributed by atoms with Crippen LogP contribution in [-0.4, -0.2) is 0 Å². The Morgan fingerprint density at radius 2 is 1.33 bits per heavy atom. The van der Waals surface area contributed by atoms with Crippen LogP contribution >= 0.6 is 0 Å². The van der Waals surface area contributed by atoms with Gasteiger partial charge in [0.25, 0.3) is 0 Å². The van der Waals surface area contributed by atoms with Gasteiger partial charge in [0.15, 0.2) is 11.6 Å². The first-order valence-corrected chi connectivity index (χ1v) is 10.2. The zero-order chi connectivity index (χ0) is 20.9. The first kappa shape index (κ1) is 19.9. The van der Waals surface area contributed by atoms with E-state index in [1.54, 1.807) is 12.1 Å². The molecule has 0 radical (unpaired) electrons. The van der Waals surface area contributed by atoms with E-state index in [1.807, 2.05) is 36.4 Å². The minimum Gasteiger partial charge on any atom is -0.204 e. The number of unbranched alkanes of at least 4 members (excludes halogenated alkanes) is 1. The van der Waals surface area contributed by atoms with Crippen LogP contribution in [-0.2, 0) is 6.42 Å². The summed E-state index contributed by atoms with van der Waals surface area (Å²) >= 11 is 0. The van der Waals surface area contributed by atoms with Crippen LogP contribution in [0.2, 0.25) is 0 Å². The second-order valence-electron chi connectivity index (χ2n) is 7.43. The van der Waals surface area contributed by atoms with Crippen LogP contribution in [0.15, 0.2) is 78.9 Å². The smallest absolute Gasteiger partial charge is 0.166 e. The fourth-order valence-corrected chi connectivity index (χ4v) is 3.47. The van der Waals surface area contributed by atoms with Crippen molar-refractivity contribution in [2.75, 3.05) is 0 Å². The molecule has 148 valence electrons. The molecule has 0 saturated carbocycles. The lowest BCUT2D eigenvalue weighted by Crippen LogP contribution is -1.87. The Hall–Kier alpha value is -3.44. The SMILES string of the molecule is CCCCc1ccc(C#Cc2ccc(-c3ccc4c(F)c(F)ccc4c3)cc2)cc1. The molecule has 0 unspecified atom stereocenters. The molecule has 4 aromatic rings. The van der Waals surface area contributed by atoms with Gasteiger partial charge in [-0.2, -0.15) is 0 Å². The molecule has 0 aliphatic rings. The lowest BCUT2D eigenvalue weighted by Gasteiger charge is -2.06. The highest BCUT2D eigenvalue weighted by molar-refractivity contribution is 5.88. The molecule has 0 amide bonds. The first-order valence-electron chi connectivity index (χ1n) is 10.2. The Bertz CT molecular complexity index is 1220. The summed E-state index contributed by atoms with van der Waals surface area (Å²) in [7, 11) is 0. The van der Waals surface area contributed by atoms with Crippen molar-refractivity contribution in [3.05, 3.63) is 107 Å². The van der Waals surface area contributed by atoms with Gasteiger partial charge >= 0.3 is 0 Å². The largest absolute Gasteiger partial charge is 0.204 e. The van der Waals surface area contributed by atoms with Gasteiger partial charge in [-0.1, -0.05) is 67.6 Å². The summed E-state index contributed by atoms with van der Waals surface area (Å²) in [5.74, 6) is 4.79. The number of hydrogen-bond donors (Lipinski definition) is 0. The number of halogens is 2. The van der Waals surface area contributed by atoms with E-state index < -0.39 is 11.6 Å². The van der Waals surface area contributed by atoms with Crippen LogP contribution in [0.1, 0.15) is 36.5 Å². The maximum atomic E-state index is 13.9. The molecule has 0 aromatic heterocycles. The summed E-state index contributed by atoms with van der Waals surface area (Å²) in [5, 5.41) is 0.972. The molecule has 2 heteroatoms. The topological polar surface area (TPSA) is 0 Å². The van der Waals surface area contributed by atoms with Crippen molar-refractivity contribution in [3.63, 3.8) is 0 Å². The zero-order valence-electron chi connectivity index (χ0n) is 16.9. The highest BCUT2D eigenvalue weighted by Gasteiger charge is 2.08. The average molecular weight is 396 g/mol. The van der Waals surface area contributed by atoms with Gasteiger partial charge in [-0.25, -0.2) is 8.78 Å². The van der Waals surface area contributed by atoms with Crippen LogP contribution < -0.4 is 0 Å². The second-order valence-corrected chi connectivity index (χ2v) is 7.43. The maximum absolute atomic E-state index is 13.9. The van der Waals surface area contributed by atoms with Gasteiger partial charge in [0.05, 0.1) is 0 Å². The van der Waals surface area contributed by atoms with Gasteiger partial charge in [0.2, 0.25) is 0 Å². The van der Waals surface area contributed by atoms with E-state index in [2.05, 4.69) is 43.0 Å². The predicted octanol–water partition coefficient (Wildman–Crippen LogP) is 7.53. The van der Waals surface area contributed by atoms with E-state index in [1.165, 1.54) is 18.4 Å². The molecule has 0 nitrogen and oxygen atoms in total. The van der Waals surface area contributed by atoms with Gasteiger partial charge in [-0.15, -0.1) is 0 Å². The van der Waals surface area contributed by atoms with Crippen LogP contribution in [0.4, 0.5) is 8.78 Å². The van der Waals surface area contributed by atoms with Crippen molar-refractivity contribution in [1.82, 2.24) is 0 Å². The predicted molar refractivity (Wildman–Crippen MR) is 120 cm³/mol. The van der Waals surface area contributed by atoms with Crippen molar-refractivity contribution < 1.29 is 8.78 Å². The molecule has 4 aromatic carbocycles. The summed E-state index contributed by atoms with van der Waals surface area (Å²) in [4.78, 5) is 0. The summed E-state index contributed by atoms with van der Waals surface area (Å²) in [5.41, 5.74) is 5.25. The summed E-state index contributed by atoms with van der Waals surface area (Å²) in [6, 6.07) is 24.5. The first-order chi connectivity index (χ1) is 14.6. The van der Waals surface area contributed by atoms with Gasteiger partial charge in [0.1, 0.15) is 0 Å². The Morgan fingerprint density at radius 3 is 2.00 bits per heavy atom. The van der Waals surface area contributed by atoms with Gasteiger partial charge in [-0.3, -0.25) is 0 Å². The molecule has 4 rings (SSSR count). The molecule has 0 spiro atoms. The van der Waals surface area contributed by atoms with Crippen molar-refractivity contribution in [1.29, 1.82) is 0 Å². The van der Waals surface area contributed by atoms with Crippen molar-refractivity contribution in [2.24, 2.45) is 0 Å². The third kappa shape index (κ3) is 4.42. The Morgan fingerprint density at radius 1 is 0.700 bits per heavy atom. The molecule has 0 aliphatic heterocycles. The number of rotatable bonds is 4. The van der Waals surface area contributed by atoms with Crippen LogP contribution in [0.3, 0.4) is 0 Å². The number of aryl methyl sites for hydroxylation is 1. The highest BCUT2D eigenvalue weighted by atomic mass is 19.2. The Balaban J connectivity index is 1.52. The van der Waals surface area contributed by atoms with Crippen molar-refractivity contribution in [3.8, 4) is 23.0 Å². The minimum atomic E-state index is -0.825. The molecule has 0 heterocycles. The molecule has 0 N–H and O–H groups in total. The van der Waals surface area contributed by atoms with E-state index in [0.717, 1.165) is 34.7 Å². The van der Waals surface area contributed by atoms with E-state index in [-0.39, 0.29) is 0 Å². The molecule has 0 aliphatic carbocycles. The Labute approximate surface area is 176 Å². The number of hydrogen-bond acceptors (Lipinski definition) is 0. The highest BCUT2D eigenvalue weighted by Crippen LogP contribution is 2.27. The quantitative estimate of drug-likeness (QED) is 0.313. The molecule has 0 fully saturated rings. The fourth-order valence-electron chi connectivity index (χ4n) is 3.47. The molecular formula is C28H22F2. The maximum Gasteiger partial charge on any atom is 0.166 e. The lowest BCUT2D eigenvalue weighted by atomic mass is 10.00. The molecular weight excluding hydrogens is 374 g/mol. The van der Waals surface area contributed by atoms with Gasteiger partial charge < -0.3 is 0 Å². The minimum absolute atomic E-state index is 0.293. The summed E-state index contributed by atoms with van der Waals surface area (Å²) in [6.07, 6.45) is 3.52. The molecule has 30 heavy (non-hydrogen) atoms. The van der Waals surface area contributed by atoms with Crippen LogP contribution in [0, 0.1) is 23.5 Å². The second kappa shape index (κ2) is 8.93. The van der Waals surface area contributed by atoms with E-state index in [4.69, 9.17) is 0 Å². The third-order valence-electron chi connectivity index (χ3n) is 5.25. The summed E-state index contributed by atoms with van der Waals surface area (Å²) in [6.45, 7) is 2.20. The molecule has 0 saturated heterocycles.